The van der Waals surface area contributed by atoms with Gasteiger partial charge in [-0.1, -0.05) is 11.4 Å². The van der Waals surface area contributed by atoms with Crippen molar-refractivity contribution in [1.29, 1.82) is 0 Å². The molecule has 0 aliphatic rings. The van der Waals surface area contributed by atoms with E-state index in [1.165, 1.54) is 11.5 Å². The van der Waals surface area contributed by atoms with Gasteiger partial charge in [0, 0.05) is 25.5 Å². The van der Waals surface area contributed by atoms with Crippen molar-refractivity contribution in [2.45, 2.75) is 39.8 Å². The van der Waals surface area contributed by atoms with Crippen molar-refractivity contribution < 1.29 is 9.53 Å². The number of carbonyl (C=O) groups excluding carboxylic acids is 1. The van der Waals surface area contributed by atoms with Gasteiger partial charge in [-0.25, -0.2) is 4.79 Å². The molecule has 20 heavy (non-hydrogen) atoms. The van der Waals surface area contributed by atoms with Crippen LogP contribution < -0.4 is 5.32 Å². The molecule has 1 unspecified atom stereocenters. The summed E-state index contributed by atoms with van der Waals surface area (Å²) in [7, 11) is 1.76. The lowest BCUT2D eigenvalue weighted by Crippen LogP contribution is -2.38. The van der Waals surface area contributed by atoms with E-state index in [0.717, 1.165) is 12.2 Å². The number of amides is 1. The van der Waals surface area contributed by atoms with Crippen LogP contribution in [0.3, 0.4) is 0 Å². The summed E-state index contributed by atoms with van der Waals surface area (Å²) >= 11 is 1.35. The number of nitrogens with one attached hydrogen (secondary N) is 1. The fraction of sp³-hybridized carbons (Fsp3) is 0.769. The topological polar surface area (TPSA) is 67.4 Å². The first-order valence-electron chi connectivity index (χ1n) is 6.68. The van der Waals surface area contributed by atoms with Crippen molar-refractivity contribution in [3.63, 3.8) is 0 Å². The zero-order chi connectivity index (χ0) is 15.2. The number of ether oxygens (including phenoxy) is 1. The normalized spacial score (nSPS) is 13.1. The lowest BCUT2D eigenvalue weighted by atomic mass is 10.1. The van der Waals surface area contributed by atoms with Crippen LogP contribution in [0.15, 0.2) is 5.38 Å². The molecule has 0 saturated carbocycles. The molecule has 0 aliphatic heterocycles. The minimum absolute atomic E-state index is 0.284. The molecule has 1 rings (SSSR count). The van der Waals surface area contributed by atoms with E-state index in [-0.39, 0.29) is 6.09 Å². The third kappa shape index (κ3) is 6.81. The Hall–Kier alpha value is -1.21. The van der Waals surface area contributed by atoms with Crippen molar-refractivity contribution in [3.05, 3.63) is 11.1 Å². The SMILES string of the molecule is CC(CNCc1csnn1)CN(C)C(=O)OC(C)(C)C. The quantitative estimate of drug-likeness (QED) is 0.871. The second-order valence-electron chi connectivity index (χ2n) is 5.99. The summed E-state index contributed by atoms with van der Waals surface area (Å²) in [5, 5.41) is 9.19. The summed E-state index contributed by atoms with van der Waals surface area (Å²) in [5.41, 5.74) is 0.493. The van der Waals surface area contributed by atoms with Crippen LogP contribution in [0.1, 0.15) is 33.4 Å². The number of hydrogen-bond acceptors (Lipinski definition) is 6. The van der Waals surface area contributed by atoms with Crippen LogP contribution in [-0.4, -0.2) is 46.3 Å². The summed E-state index contributed by atoms with van der Waals surface area (Å²) < 4.78 is 9.12. The Bertz CT molecular complexity index is 403. The first kappa shape index (κ1) is 16.8. The highest BCUT2D eigenvalue weighted by molar-refractivity contribution is 7.03. The molecule has 1 aromatic rings. The molecule has 1 amide bonds. The van der Waals surface area contributed by atoms with Gasteiger partial charge in [-0.15, -0.1) is 5.10 Å². The Labute approximate surface area is 124 Å². The van der Waals surface area contributed by atoms with Gasteiger partial charge in [0.15, 0.2) is 0 Å². The van der Waals surface area contributed by atoms with Crippen LogP contribution >= 0.6 is 11.5 Å². The molecule has 0 bridgehead atoms. The standard InChI is InChI=1S/C13H24N4O2S/c1-10(6-14-7-11-9-20-16-15-11)8-17(5)12(18)19-13(2,3)4/h9-10,14H,6-8H2,1-5H3. The molecule has 0 spiro atoms. The molecular weight excluding hydrogens is 276 g/mol. The van der Waals surface area contributed by atoms with E-state index in [1.807, 2.05) is 26.2 Å². The first-order valence-corrected chi connectivity index (χ1v) is 7.52. The zero-order valence-electron chi connectivity index (χ0n) is 12.8. The molecule has 6 nitrogen and oxygen atoms in total. The molecule has 1 N–H and O–H groups in total. The van der Waals surface area contributed by atoms with E-state index in [9.17, 15) is 4.79 Å². The van der Waals surface area contributed by atoms with Crippen LogP contribution in [-0.2, 0) is 11.3 Å². The molecule has 1 atom stereocenters. The van der Waals surface area contributed by atoms with E-state index >= 15 is 0 Å². The Morgan fingerprint density at radius 1 is 1.55 bits per heavy atom. The summed E-state index contributed by atoms with van der Waals surface area (Å²) in [6, 6.07) is 0. The van der Waals surface area contributed by atoms with E-state index in [2.05, 4.69) is 21.8 Å². The zero-order valence-corrected chi connectivity index (χ0v) is 13.7. The van der Waals surface area contributed by atoms with Gasteiger partial charge < -0.3 is 15.0 Å². The van der Waals surface area contributed by atoms with E-state index in [1.54, 1.807) is 11.9 Å². The maximum atomic E-state index is 11.8. The molecule has 0 aromatic carbocycles. The largest absolute Gasteiger partial charge is 0.444 e. The van der Waals surface area contributed by atoms with Crippen LogP contribution in [0.25, 0.3) is 0 Å². The van der Waals surface area contributed by atoms with E-state index in [4.69, 9.17) is 4.74 Å². The highest BCUT2D eigenvalue weighted by Gasteiger charge is 2.20. The van der Waals surface area contributed by atoms with Crippen molar-refractivity contribution in [2.75, 3.05) is 20.1 Å². The second kappa shape index (κ2) is 7.54. The van der Waals surface area contributed by atoms with Gasteiger partial charge >= 0.3 is 6.09 Å². The van der Waals surface area contributed by atoms with Crippen molar-refractivity contribution in [1.82, 2.24) is 19.8 Å². The Balaban J connectivity index is 2.23. The van der Waals surface area contributed by atoms with Crippen molar-refractivity contribution >= 4 is 17.6 Å². The number of hydrogen-bond donors (Lipinski definition) is 1. The maximum absolute atomic E-state index is 11.8. The van der Waals surface area contributed by atoms with Crippen molar-refractivity contribution in [3.8, 4) is 0 Å². The fourth-order valence-electron chi connectivity index (χ4n) is 1.65. The summed E-state index contributed by atoms with van der Waals surface area (Å²) in [5.74, 6) is 0.333. The minimum Gasteiger partial charge on any atom is -0.444 e. The number of carbonyl (C=O) groups is 1. The molecule has 7 heteroatoms. The molecule has 0 fully saturated rings. The Kier molecular flexibility index (Phi) is 6.35. The molecule has 114 valence electrons. The number of aromatic nitrogens is 2. The van der Waals surface area contributed by atoms with E-state index < -0.39 is 5.60 Å². The number of nitrogens with zero attached hydrogens (tertiary/aromatic N) is 3. The Morgan fingerprint density at radius 2 is 2.25 bits per heavy atom. The lowest BCUT2D eigenvalue weighted by molar-refractivity contribution is 0.0277. The predicted molar refractivity (Wildman–Crippen MR) is 79.6 cm³/mol. The summed E-state index contributed by atoms with van der Waals surface area (Å²) in [4.78, 5) is 13.4. The van der Waals surface area contributed by atoms with E-state index in [0.29, 0.717) is 19.0 Å². The maximum Gasteiger partial charge on any atom is 0.410 e. The third-order valence-electron chi connectivity index (χ3n) is 2.49. The highest BCUT2D eigenvalue weighted by Crippen LogP contribution is 2.10. The highest BCUT2D eigenvalue weighted by atomic mass is 32.1. The van der Waals surface area contributed by atoms with Gasteiger partial charge in [0.05, 0.1) is 5.69 Å². The van der Waals surface area contributed by atoms with Crippen LogP contribution in [0.4, 0.5) is 4.79 Å². The number of rotatable bonds is 6. The minimum atomic E-state index is -0.454. The van der Waals surface area contributed by atoms with Crippen LogP contribution in [0.2, 0.25) is 0 Å². The van der Waals surface area contributed by atoms with Gasteiger partial charge in [-0.2, -0.15) is 0 Å². The van der Waals surface area contributed by atoms with Crippen molar-refractivity contribution in [2.24, 2.45) is 5.92 Å². The molecule has 0 saturated heterocycles. The average molecular weight is 300 g/mol. The molecular formula is C13H24N4O2S. The van der Waals surface area contributed by atoms with Crippen LogP contribution in [0.5, 0.6) is 0 Å². The summed E-state index contributed by atoms with van der Waals surface area (Å²) in [6.45, 7) is 9.86. The van der Waals surface area contributed by atoms with Gasteiger partial charge in [0.25, 0.3) is 0 Å². The lowest BCUT2D eigenvalue weighted by Gasteiger charge is -2.26. The summed E-state index contributed by atoms with van der Waals surface area (Å²) in [6.07, 6.45) is -0.284. The average Bonchev–Trinajstić information content (AvgIpc) is 2.79. The fourth-order valence-corrected chi connectivity index (χ4v) is 2.11. The van der Waals surface area contributed by atoms with Gasteiger partial charge in [0.1, 0.15) is 5.60 Å². The molecule has 0 radical (unpaired) electrons. The smallest absolute Gasteiger partial charge is 0.410 e. The molecule has 1 aromatic heterocycles. The third-order valence-corrected chi connectivity index (χ3v) is 3.05. The molecule has 1 heterocycles. The van der Waals surface area contributed by atoms with Gasteiger partial charge in [-0.05, 0) is 44.8 Å². The first-order chi connectivity index (χ1) is 9.28. The predicted octanol–water partition coefficient (Wildman–Crippen LogP) is 2.13. The van der Waals surface area contributed by atoms with Crippen LogP contribution in [0, 0.1) is 5.92 Å². The Morgan fingerprint density at radius 3 is 2.80 bits per heavy atom. The monoisotopic (exact) mass is 300 g/mol. The second-order valence-corrected chi connectivity index (χ2v) is 6.60. The van der Waals surface area contributed by atoms with Gasteiger partial charge in [-0.3, -0.25) is 0 Å². The molecule has 0 aliphatic carbocycles. The van der Waals surface area contributed by atoms with Gasteiger partial charge in [0.2, 0.25) is 0 Å².